The van der Waals surface area contributed by atoms with Crippen LogP contribution < -0.4 is 11.1 Å². The topological polar surface area (TPSA) is 92.5 Å². The number of rotatable bonds is 6. The fraction of sp³-hybridized carbons (Fsp3) is 0.786. The summed E-state index contributed by atoms with van der Waals surface area (Å²) in [5.41, 5.74) is 5.14. The summed E-state index contributed by atoms with van der Waals surface area (Å²) >= 11 is 0. The Labute approximate surface area is 125 Å². The molecule has 21 heavy (non-hydrogen) atoms. The number of hydrogen-bond donors (Lipinski definition) is 2. The van der Waals surface area contributed by atoms with Crippen LogP contribution in [-0.2, 0) is 14.4 Å². The molecule has 1 heterocycles. The molecule has 7 heteroatoms. The molecule has 0 spiro atoms. The minimum atomic E-state index is -1.17. The maximum atomic E-state index is 12.3. The Bertz CT molecular complexity index is 359. The minimum Gasteiger partial charge on any atom is -0.356 e. The molecule has 0 aromatic rings. The van der Waals surface area contributed by atoms with Gasteiger partial charge < -0.3 is 16.0 Å². The van der Waals surface area contributed by atoms with Crippen LogP contribution in [-0.4, -0.2) is 55.4 Å². The van der Waals surface area contributed by atoms with E-state index in [2.05, 4.69) is 26.1 Å². The summed E-state index contributed by atoms with van der Waals surface area (Å²) < 4.78 is 12.3. The SMILES string of the molecule is CC(C)C.NCC(=O)CN(CC1CCNC1=O)C(=O)CF. The van der Waals surface area contributed by atoms with Crippen LogP contribution in [0.5, 0.6) is 0 Å². The number of hydrogen-bond acceptors (Lipinski definition) is 4. The van der Waals surface area contributed by atoms with E-state index >= 15 is 0 Å². The highest BCUT2D eigenvalue weighted by Gasteiger charge is 2.28. The van der Waals surface area contributed by atoms with Crippen molar-refractivity contribution in [3.05, 3.63) is 0 Å². The van der Waals surface area contributed by atoms with Crippen LogP contribution in [0.15, 0.2) is 0 Å². The largest absolute Gasteiger partial charge is 0.356 e. The second-order valence-electron chi connectivity index (χ2n) is 5.66. The molecule has 1 atom stereocenters. The number of Topliss-reactive ketones (excluding diaryl/α,β-unsaturated/α-hetero) is 1. The van der Waals surface area contributed by atoms with Gasteiger partial charge in [0.15, 0.2) is 12.5 Å². The Kier molecular flexibility index (Phi) is 9.53. The van der Waals surface area contributed by atoms with Crippen LogP contribution in [0.4, 0.5) is 4.39 Å². The molecule has 2 amide bonds. The number of carbonyl (C=O) groups excluding carboxylic acids is 3. The Morgan fingerprint density at radius 1 is 1.43 bits per heavy atom. The van der Waals surface area contributed by atoms with Gasteiger partial charge in [0.2, 0.25) is 5.91 Å². The van der Waals surface area contributed by atoms with E-state index in [0.717, 1.165) is 10.8 Å². The third-order valence-electron chi connectivity index (χ3n) is 2.67. The van der Waals surface area contributed by atoms with Crippen LogP contribution in [0.1, 0.15) is 27.2 Å². The number of amides is 2. The van der Waals surface area contributed by atoms with Crippen molar-refractivity contribution in [1.82, 2.24) is 10.2 Å². The van der Waals surface area contributed by atoms with Gasteiger partial charge in [-0.25, -0.2) is 4.39 Å². The van der Waals surface area contributed by atoms with Crippen LogP contribution in [0.3, 0.4) is 0 Å². The molecular weight excluding hydrogens is 277 g/mol. The van der Waals surface area contributed by atoms with Gasteiger partial charge in [-0.05, 0) is 12.3 Å². The first-order valence-corrected chi connectivity index (χ1v) is 7.15. The molecule has 0 bridgehead atoms. The summed E-state index contributed by atoms with van der Waals surface area (Å²) in [6, 6.07) is 0. The molecule has 0 radical (unpaired) electrons. The molecule has 0 aromatic carbocycles. The lowest BCUT2D eigenvalue weighted by Crippen LogP contribution is -2.42. The molecule has 1 fully saturated rings. The lowest BCUT2D eigenvalue weighted by atomic mass is 10.1. The highest BCUT2D eigenvalue weighted by Crippen LogP contribution is 2.11. The molecular formula is C14H26FN3O3. The van der Waals surface area contributed by atoms with Crippen molar-refractivity contribution in [1.29, 1.82) is 0 Å². The number of nitrogens with one attached hydrogen (secondary N) is 1. The van der Waals surface area contributed by atoms with Gasteiger partial charge >= 0.3 is 0 Å². The normalized spacial score (nSPS) is 17.0. The molecule has 122 valence electrons. The van der Waals surface area contributed by atoms with Crippen molar-refractivity contribution in [2.75, 3.05) is 32.9 Å². The monoisotopic (exact) mass is 303 g/mol. The van der Waals surface area contributed by atoms with Crippen molar-refractivity contribution in [2.24, 2.45) is 17.6 Å². The highest BCUT2D eigenvalue weighted by molar-refractivity contribution is 5.88. The van der Waals surface area contributed by atoms with Crippen molar-refractivity contribution in [3.8, 4) is 0 Å². The van der Waals surface area contributed by atoms with Crippen molar-refractivity contribution in [3.63, 3.8) is 0 Å². The fourth-order valence-electron chi connectivity index (χ4n) is 1.70. The standard InChI is InChI=1S/C10H16FN3O3.C4H10/c11-3-9(16)14(6-8(15)4-12)5-7-1-2-13-10(7)17;1-4(2)3/h7H,1-6,12H2,(H,13,17);4H,1-3H3. The zero-order chi connectivity index (χ0) is 16.4. The molecule has 0 aromatic heterocycles. The van der Waals surface area contributed by atoms with Crippen molar-refractivity contribution >= 4 is 17.6 Å². The van der Waals surface area contributed by atoms with Crippen LogP contribution in [0.2, 0.25) is 0 Å². The number of nitrogens with zero attached hydrogens (tertiary/aromatic N) is 1. The first kappa shape index (κ1) is 19.5. The molecule has 1 saturated heterocycles. The van der Waals surface area contributed by atoms with Gasteiger partial charge in [-0.1, -0.05) is 20.8 Å². The minimum absolute atomic E-state index is 0.0698. The maximum Gasteiger partial charge on any atom is 0.254 e. The number of halogens is 1. The molecule has 6 nitrogen and oxygen atoms in total. The molecule has 3 N–H and O–H groups in total. The molecule has 0 saturated carbocycles. The average molecular weight is 303 g/mol. The number of nitrogens with two attached hydrogens (primary N) is 1. The Balaban J connectivity index is 0.000000885. The second kappa shape index (κ2) is 10.3. The fourth-order valence-corrected chi connectivity index (χ4v) is 1.70. The van der Waals surface area contributed by atoms with E-state index < -0.39 is 12.6 Å². The van der Waals surface area contributed by atoms with Gasteiger partial charge in [-0.3, -0.25) is 14.4 Å². The summed E-state index contributed by atoms with van der Waals surface area (Å²) in [4.78, 5) is 34.8. The summed E-state index contributed by atoms with van der Waals surface area (Å²) in [6.07, 6.45) is 0.589. The average Bonchev–Trinajstić information content (AvgIpc) is 2.81. The molecule has 1 unspecified atom stereocenters. The van der Waals surface area contributed by atoms with Crippen LogP contribution in [0, 0.1) is 11.8 Å². The first-order valence-electron chi connectivity index (χ1n) is 7.15. The summed E-state index contributed by atoms with van der Waals surface area (Å²) in [5, 5.41) is 2.62. The zero-order valence-corrected chi connectivity index (χ0v) is 13.0. The Morgan fingerprint density at radius 2 is 2.00 bits per heavy atom. The first-order chi connectivity index (χ1) is 9.81. The van der Waals surface area contributed by atoms with Gasteiger partial charge in [0.25, 0.3) is 5.91 Å². The molecule has 0 aliphatic carbocycles. The van der Waals surface area contributed by atoms with Crippen molar-refractivity contribution in [2.45, 2.75) is 27.2 Å². The van der Waals surface area contributed by atoms with Gasteiger partial charge in [0, 0.05) is 13.1 Å². The number of alkyl halides is 1. The zero-order valence-electron chi connectivity index (χ0n) is 13.0. The molecule has 1 aliphatic heterocycles. The quantitative estimate of drug-likeness (QED) is 0.728. The summed E-state index contributed by atoms with van der Waals surface area (Å²) in [5.74, 6) is -0.838. The number of ketones is 1. The van der Waals surface area contributed by atoms with Crippen molar-refractivity contribution < 1.29 is 18.8 Å². The Morgan fingerprint density at radius 3 is 2.38 bits per heavy atom. The third kappa shape index (κ3) is 8.39. The van der Waals surface area contributed by atoms with Gasteiger partial charge in [0.05, 0.1) is 19.0 Å². The summed E-state index contributed by atoms with van der Waals surface area (Å²) in [7, 11) is 0. The van der Waals surface area contributed by atoms with E-state index in [1.54, 1.807) is 0 Å². The lowest BCUT2D eigenvalue weighted by molar-refractivity contribution is -0.137. The Hall–Kier alpha value is -1.50. The van der Waals surface area contributed by atoms with Gasteiger partial charge in [0.1, 0.15) is 0 Å². The van der Waals surface area contributed by atoms with E-state index in [1.165, 1.54) is 0 Å². The van der Waals surface area contributed by atoms with E-state index in [-0.39, 0.29) is 37.2 Å². The van der Waals surface area contributed by atoms with Crippen LogP contribution in [0.25, 0.3) is 0 Å². The summed E-state index contributed by atoms with van der Waals surface area (Å²) in [6.45, 7) is 5.51. The highest BCUT2D eigenvalue weighted by atomic mass is 19.1. The second-order valence-corrected chi connectivity index (χ2v) is 5.66. The third-order valence-corrected chi connectivity index (χ3v) is 2.67. The predicted molar refractivity (Wildman–Crippen MR) is 78.2 cm³/mol. The van der Waals surface area contributed by atoms with Gasteiger partial charge in [-0.2, -0.15) is 0 Å². The molecule has 1 aliphatic rings. The smallest absolute Gasteiger partial charge is 0.254 e. The van der Waals surface area contributed by atoms with Crippen LogP contribution >= 0.6 is 0 Å². The van der Waals surface area contributed by atoms with E-state index in [4.69, 9.17) is 5.73 Å². The lowest BCUT2D eigenvalue weighted by Gasteiger charge is -2.22. The molecule has 1 rings (SSSR count). The van der Waals surface area contributed by atoms with Gasteiger partial charge in [-0.15, -0.1) is 0 Å². The van der Waals surface area contributed by atoms with E-state index in [9.17, 15) is 18.8 Å². The predicted octanol–water partition coefficient (Wildman–Crippen LogP) is 0.111. The maximum absolute atomic E-state index is 12.3. The number of carbonyl (C=O) groups is 3. The van der Waals surface area contributed by atoms with E-state index in [1.807, 2.05) is 0 Å². The van der Waals surface area contributed by atoms with E-state index in [0.29, 0.717) is 13.0 Å².